The van der Waals surface area contributed by atoms with E-state index in [2.05, 4.69) is 29.5 Å². The maximum absolute atomic E-state index is 13.0. The maximum atomic E-state index is 13.0. The van der Waals surface area contributed by atoms with Crippen molar-refractivity contribution < 1.29 is 14.4 Å². The predicted molar refractivity (Wildman–Crippen MR) is 112 cm³/mol. The molecule has 0 aliphatic carbocycles. The molecule has 2 heterocycles. The molecule has 154 valence electrons. The van der Waals surface area contributed by atoms with Crippen molar-refractivity contribution in [2.75, 3.05) is 16.8 Å². The fraction of sp³-hybridized carbons (Fsp3) is 0.286. The van der Waals surface area contributed by atoms with Crippen LogP contribution in [0.15, 0.2) is 58.9 Å². The highest BCUT2D eigenvalue weighted by molar-refractivity contribution is 6.30. The number of anilines is 2. The zero-order valence-electron chi connectivity index (χ0n) is 16.4. The van der Waals surface area contributed by atoms with E-state index in [1.54, 1.807) is 36.4 Å². The zero-order valence-corrected chi connectivity index (χ0v) is 17.2. The van der Waals surface area contributed by atoms with E-state index in [4.69, 9.17) is 11.6 Å². The number of fused-ring (bicyclic) bond motifs is 1. The average Bonchev–Trinajstić information content (AvgIpc) is 3.23. The van der Waals surface area contributed by atoms with Gasteiger partial charge in [0.15, 0.2) is 12.1 Å². The van der Waals surface area contributed by atoms with Gasteiger partial charge in [-0.3, -0.25) is 19.4 Å². The summed E-state index contributed by atoms with van der Waals surface area (Å²) >= 11 is 5.84. The van der Waals surface area contributed by atoms with E-state index in [9.17, 15) is 14.4 Å². The van der Waals surface area contributed by atoms with Crippen LogP contribution >= 0.6 is 11.6 Å². The summed E-state index contributed by atoms with van der Waals surface area (Å²) in [6, 6.07) is 12.1. The van der Waals surface area contributed by atoms with Gasteiger partial charge in [-0.2, -0.15) is 5.11 Å². The molecule has 1 fully saturated rings. The number of carbonyl (C=O) groups is 3. The second kappa shape index (κ2) is 7.87. The number of hydrogen-bond acceptors (Lipinski definition) is 6. The molecule has 0 radical (unpaired) electrons. The monoisotopic (exact) mass is 425 g/mol. The van der Waals surface area contributed by atoms with E-state index in [-0.39, 0.29) is 12.5 Å². The largest absolute Gasteiger partial charge is 0.324 e. The minimum atomic E-state index is -0.939. The van der Waals surface area contributed by atoms with Gasteiger partial charge in [0.25, 0.3) is 11.8 Å². The molecule has 2 unspecified atom stereocenters. The molecule has 2 aliphatic rings. The molecular weight excluding hydrogens is 406 g/mol. The van der Waals surface area contributed by atoms with Crippen molar-refractivity contribution in [2.24, 2.45) is 10.3 Å². The van der Waals surface area contributed by atoms with Crippen molar-refractivity contribution in [1.82, 2.24) is 5.01 Å². The molecule has 3 amide bonds. The second-order valence-corrected chi connectivity index (χ2v) is 7.94. The Balaban J connectivity index is 1.47. The number of halogens is 1. The Hall–Kier alpha value is -3.26. The maximum Gasteiger partial charge on any atom is 0.263 e. The van der Waals surface area contributed by atoms with Crippen molar-refractivity contribution >= 4 is 40.7 Å². The first-order chi connectivity index (χ1) is 14.3. The number of rotatable bonds is 5. The van der Waals surface area contributed by atoms with E-state index in [0.29, 0.717) is 22.3 Å². The van der Waals surface area contributed by atoms with Gasteiger partial charge in [-0.1, -0.05) is 42.8 Å². The Labute approximate surface area is 178 Å². The van der Waals surface area contributed by atoms with Gasteiger partial charge in [0.2, 0.25) is 5.91 Å². The number of nitrogens with zero attached hydrogens (tertiary/aromatic N) is 4. The number of benzene rings is 2. The number of carbonyl (C=O) groups excluding carboxylic acids is 3. The van der Waals surface area contributed by atoms with Crippen LogP contribution in [0.2, 0.25) is 5.02 Å². The molecule has 0 saturated carbocycles. The van der Waals surface area contributed by atoms with E-state index in [1.807, 2.05) is 12.1 Å². The number of imide groups is 1. The highest BCUT2D eigenvalue weighted by atomic mass is 35.5. The summed E-state index contributed by atoms with van der Waals surface area (Å²) in [5.41, 5.74) is 2.17. The minimum absolute atomic E-state index is 0.202. The molecule has 2 aromatic carbocycles. The Morgan fingerprint density at radius 2 is 1.73 bits per heavy atom. The summed E-state index contributed by atoms with van der Waals surface area (Å²) in [5.74, 6) is -0.915. The van der Waals surface area contributed by atoms with Crippen LogP contribution in [0.4, 0.5) is 11.4 Å². The van der Waals surface area contributed by atoms with Gasteiger partial charge in [-0.25, -0.2) is 4.90 Å². The van der Waals surface area contributed by atoms with Crippen LogP contribution in [0.25, 0.3) is 0 Å². The van der Waals surface area contributed by atoms with E-state index >= 15 is 0 Å². The van der Waals surface area contributed by atoms with E-state index < -0.39 is 23.9 Å². The molecule has 0 bridgehead atoms. The summed E-state index contributed by atoms with van der Waals surface area (Å²) < 4.78 is 0. The Kier molecular flexibility index (Phi) is 5.26. The van der Waals surface area contributed by atoms with Gasteiger partial charge in [-0.15, -0.1) is 0 Å². The highest BCUT2D eigenvalue weighted by Crippen LogP contribution is 2.32. The van der Waals surface area contributed by atoms with Crippen LogP contribution in [0.1, 0.15) is 25.3 Å². The third-order valence-corrected chi connectivity index (χ3v) is 5.36. The molecule has 4 rings (SSSR count). The fourth-order valence-corrected chi connectivity index (χ4v) is 3.62. The third kappa shape index (κ3) is 3.66. The van der Waals surface area contributed by atoms with Gasteiger partial charge in [0.1, 0.15) is 6.54 Å². The molecule has 1 N–H and O–H groups in total. The molecule has 1 saturated heterocycles. The number of hydrogen-bond donors (Lipinski definition) is 1. The lowest BCUT2D eigenvalue weighted by molar-refractivity contribution is -0.123. The molecule has 2 aliphatic heterocycles. The van der Waals surface area contributed by atoms with Crippen molar-refractivity contribution in [1.29, 1.82) is 0 Å². The fourth-order valence-electron chi connectivity index (χ4n) is 3.50. The summed E-state index contributed by atoms with van der Waals surface area (Å²) in [6.45, 7) is 3.93. The lowest BCUT2D eigenvalue weighted by Gasteiger charge is -2.20. The van der Waals surface area contributed by atoms with Gasteiger partial charge in [0, 0.05) is 10.7 Å². The van der Waals surface area contributed by atoms with Crippen LogP contribution < -0.4 is 10.2 Å². The van der Waals surface area contributed by atoms with Gasteiger partial charge in [-0.05, 0) is 47.9 Å². The topological polar surface area (TPSA) is 94.4 Å². The van der Waals surface area contributed by atoms with Crippen LogP contribution in [-0.4, -0.2) is 41.4 Å². The lowest BCUT2D eigenvalue weighted by atomic mass is 10.0. The molecular formula is C21H20ClN5O3. The van der Waals surface area contributed by atoms with E-state index in [1.165, 1.54) is 5.01 Å². The predicted octanol–water partition coefficient (Wildman–Crippen LogP) is 3.40. The standard InChI is InChI=1S/C21H20ClN5O3/c1-12(2)13-3-9-16(10-4-13)27-20(29)18-19(21(27)30)26(25-24-18)11-17(28)23-15-7-5-14(22)6-8-15/h3-10,12,18-19H,11H2,1-2H3,(H,23,28). The summed E-state index contributed by atoms with van der Waals surface area (Å²) in [7, 11) is 0. The SMILES string of the molecule is CC(C)c1ccc(N2C(=O)C3N=NN(CC(=O)Nc4ccc(Cl)cc4)C3C2=O)cc1. The number of amides is 3. The molecule has 2 atom stereocenters. The minimum Gasteiger partial charge on any atom is -0.324 e. The third-order valence-electron chi connectivity index (χ3n) is 5.11. The molecule has 0 spiro atoms. The van der Waals surface area contributed by atoms with Gasteiger partial charge < -0.3 is 5.32 Å². The summed E-state index contributed by atoms with van der Waals surface area (Å²) in [6.07, 6.45) is 0. The van der Waals surface area contributed by atoms with Crippen LogP contribution in [0.5, 0.6) is 0 Å². The van der Waals surface area contributed by atoms with Gasteiger partial charge >= 0.3 is 0 Å². The van der Waals surface area contributed by atoms with Crippen molar-refractivity contribution in [2.45, 2.75) is 31.8 Å². The zero-order chi connectivity index (χ0) is 21.4. The quantitative estimate of drug-likeness (QED) is 0.743. The van der Waals surface area contributed by atoms with Crippen LogP contribution in [0, 0.1) is 0 Å². The van der Waals surface area contributed by atoms with Crippen molar-refractivity contribution in [3.8, 4) is 0 Å². The van der Waals surface area contributed by atoms with Crippen molar-refractivity contribution in [3.05, 3.63) is 59.1 Å². The van der Waals surface area contributed by atoms with Crippen molar-refractivity contribution in [3.63, 3.8) is 0 Å². The lowest BCUT2D eigenvalue weighted by Crippen LogP contribution is -2.43. The average molecular weight is 426 g/mol. The number of nitrogens with one attached hydrogen (secondary N) is 1. The summed E-state index contributed by atoms with van der Waals surface area (Å²) in [5, 5.41) is 12.4. The Morgan fingerprint density at radius 3 is 2.37 bits per heavy atom. The molecule has 0 aromatic heterocycles. The molecule has 8 nitrogen and oxygen atoms in total. The second-order valence-electron chi connectivity index (χ2n) is 7.51. The van der Waals surface area contributed by atoms with Gasteiger partial charge in [0.05, 0.1) is 5.69 Å². The Morgan fingerprint density at radius 1 is 1.07 bits per heavy atom. The first-order valence-corrected chi connectivity index (χ1v) is 9.93. The first kappa shape index (κ1) is 20.0. The highest BCUT2D eigenvalue weighted by Gasteiger charge is 2.55. The molecule has 2 aromatic rings. The first-order valence-electron chi connectivity index (χ1n) is 9.56. The smallest absolute Gasteiger partial charge is 0.263 e. The summed E-state index contributed by atoms with van der Waals surface area (Å²) in [4.78, 5) is 39.3. The van der Waals surface area contributed by atoms with Crippen LogP contribution in [0.3, 0.4) is 0 Å². The normalized spacial score (nSPS) is 20.3. The van der Waals surface area contributed by atoms with Crippen LogP contribution in [-0.2, 0) is 14.4 Å². The molecule has 30 heavy (non-hydrogen) atoms. The molecule has 9 heteroatoms. The Bertz CT molecular complexity index is 1020. The van der Waals surface area contributed by atoms with E-state index in [0.717, 1.165) is 10.5 Å².